The second kappa shape index (κ2) is 6.82. The van der Waals surface area contributed by atoms with E-state index in [2.05, 4.69) is 5.32 Å². The molecule has 0 heterocycles. The Kier molecular flexibility index (Phi) is 5.32. The van der Waals surface area contributed by atoms with Crippen LogP contribution in [0.2, 0.25) is 0 Å². The molecule has 2 rings (SSSR count). The quantitative estimate of drug-likeness (QED) is 0.558. The van der Waals surface area contributed by atoms with Crippen LogP contribution in [0.5, 0.6) is 0 Å². The number of rotatable bonds is 5. The third-order valence-corrected chi connectivity index (χ3v) is 4.54. The molecule has 8 nitrogen and oxygen atoms in total. The number of carbonyl (C=O) groups is 3. The van der Waals surface area contributed by atoms with E-state index in [1.807, 2.05) is 0 Å². The molecule has 142 valence electrons. The van der Waals surface area contributed by atoms with Gasteiger partial charge in [-0.05, 0) is 34.6 Å². The van der Waals surface area contributed by atoms with Crippen LogP contribution in [0.3, 0.4) is 0 Å². The van der Waals surface area contributed by atoms with E-state index in [4.69, 9.17) is 14.2 Å². The van der Waals surface area contributed by atoms with Crippen LogP contribution >= 0.6 is 0 Å². The zero-order valence-corrected chi connectivity index (χ0v) is 15.3. The number of nitrogens with one attached hydrogen (secondary N) is 1. The van der Waals surface area contributed by atoms with Crippen LogP contribution in [0.15, 0.2) is 0 Å². The van der Waals surface area contributed by atoms with E-state index in [0.717, 1.165) is 0 Å². The van der Waals surface area contributed by atoms with Gasteiger partial charge in [0.1, 0.15) is 11.1 Å². The fourth-order valence-corrected chi connectivity index (χ4v) is 3.74. The molecule has 0 aromatic carbocycles. The fraction of sp³-hybridized carbons (Fsp3) is 0.824. The van der Waals surface area contributed by atoms with Crippen LogP contribution in [0, 0.1) is 17.8 Å². The predicted molar refractivity (Wildman–Crippen MR) is 86.5 cm³/mol. The first-order valence-electron chi connectivity index (χ1n) is 8.60. The van der Waals surface area contributed by atoms with Gasteiger partial charge in [0, 0.05) is 18.3 Å². The maximum Gasteiger partial charge on any atom is 0.408 e. The number of aliphatic hydroxyl groups excluding tert-OH is 1. The zero-order valence-electron chi connectivity index (χ0n) is 15.3. The van der Waals surface area contributed by atoms with Crippen molar-refractivity contribution in [1.82, 2.24) is 5.32 Å². The van der Waals surface area contributed by atoms with Gasteiger partial charge in [-0.2, -0.15) is 0 Å². The molecule has 0 saturated heterocycles. The summed E-state index contributed by atoms with van der Waals surface area (Å²) >= 11 is 0. The minimum Gasteiger partial charge on any atom is -0.466 e. The van der Waals surface area contributed by atoms with Gasteiger partial charge in [-0.1, -0.05) is 0 Å². The Morgan fingerprint density at radius 1 is 1.16 bits per heavy atom. The van der Waals surface area contributed by atoms with Crippen LogP contribution in [0.1, 0.15) is 41.0 Å². The van der Waals surface area contributed by atoms with Gasteiger partial charge in [0.25, 0.3) is 0 Å². The predicted octanol–water partition coefficient (Wildman–Crippen LogP) is 1.00. The average Bonchev–Trinajstić information content (AvgIpc) is 3.14. The van der Waals surface area contributed by atoms with Crippen molar-refractivity contribution in [3.05, 3.63) is 0 Å². The molecule has 5 unspecified atom stereocenters. The summed E-state index contributed by atoms with van der Waals surface area (Å²) in [5, 5.41) is 12.9. The number of esters is 2. The number of carbonyl (C=O) groups excluding carboxylic acids is 3. The number of hydrogen-bond acceptors (Lipinski definition) is 7. The van der Waals surface area contributed by atoms with E-state index < -0.39 is 53.0 Å². The van der Waals surface area contributed by atoms with Gasteiger partial charge in [-0.15, -0.1) is 0 Å². The topological polar surface area (TPSA) is 111 Å². The maximum atomic E-state index is 12.6. The van der Waals surface area contributed by atoms with Gasteiger partial charge >= 0.3 is 18.0 Å². The SMILES string of the molecule is CCOC(=O)C1C2C(O)CC(NC(=O)OC(C)(C)C)(C(=O)OCC)C12. The fourth-order valence-electron chi connectivity index (χ4n) is 3.74. The molecule has 0 aromatic rings. The lowest BCUT2D eigenvalue weighted by atomic mass is 9.89. The Labute approximate surface area is 147 Å². The van der Waals surface area contributed by atoms with Gasteiger partial charge < -0.3 is 24.6 Å². The second-order valence-electron chi connectivity index (χ2n) is 7.47. The van der Waals surface area contributed by atoms with E-state index in [9.17, 15) is 19.5 Å². The molecule has 0 aromatic heterocycles. The van der Waals surface area contributed by atoms with Crippen molar-refractivity contribution in [1.29, 1.82) is 0 Å². The summed E-state index contributed by atoms with van der Waals surface area (Å²) in [6.45, 7) is 8.77. The Morgan fingerprint density at radius 2 is 1.76 bits per heavy atom. The van der Waals surface area contributed by atoms with Gasteiger partial charge in [-0.25, -0.2) is 9.59 Å². The molecule has 25 heavy (non-hydrogen) atoms. The number of fused-ring (bicyclic) bond motifs is 1. The monoisotopic (exact) mass is 357 g/mol. The molecule has 2 saturated carbocycles. The molecule has 2 aliphatic rings. The van der Waals surface area contributed by atoms with E-state index in [1.54, 1.807) is 34.6 Å². The average molecular weight is 357 g/mol. The molecular formula is C17H27NO7. The molecule has 2 fully saturated rings. The third-order valence-electron chi connectivity index (χ3n) is 4.54. The number of alkyl carbamates (subject to hydrolysis) is 1. The van der Waals surface area contributed by atoms with E-state index in [0.29, 0.717) is 0 Å². The van der Waals surface area contributed by atoms with Crippen LogP contribution in [-0.4, -0.2) is 53.6 Å². The second-order valence-corrected chi connectivity index (χ2v) is 7.47. The first-order valence-corrected chi connectivity index (χ1v) is 8.60. The minimum atomic E-state index is -1.49. The molecule has 0 bridgehead atoms. The van der Waals surface area contributed by atoms with Crippen LogP contribution in [0.4, 0.5) is 4.79 Å². The van der Waals surface area contributed by atoms with E-state index in [-0.39, 0.29) is 19.6 Å². The maximum absolute atomic E-state index is 12.6. The molecule has 5 atom stereocenters. The van der Waals surface area contributed by atoms with Crippen LogP contribution in [-0.2, 0) is 23.8 Å². The van der Waals surface area contributed by atoms with Crippen molar-refractivity contribution in [2.45, 2.75) is 58.3 Å². The summed E-state index contributed by atoms with van der Waals surface area (Å²) in [5.41, 5.74) is -2.24. The lowest BCUT2D eigenvalue weighted by molar-refractivity contribution is -0.154. The smallest absolute Gasteiger partial charge is 0.408 e. The van der Waals surface area contributed by atoms with Crippen molar-refractivity contribution in [3.63, 3.8) is 0 Å². The summed E-state index contributed by atoms with van der Waals surface area (Å²) in [6.07, 6.45) is -1.71. The standard InChI is InChI=1S/C17H27NO7/c1-6-23-13(20)11-10-9(19)8-17(12(10)11,14(21)24-7-2)18-15(22)25-16(3,4)5/h9-12,19H,6-8H2,1-5H3,(H,18,22). The normalized spacial score (nSPS) is 33.2. The molecule has 2 N–H and O–H groups in total. The molecule has 1 amide bonds. The highest BCUT2D eigenvalue weighted by Gasteiger charge is 2.76. The number of ether oxygens (including phenoxy) is 3. The molecular weight excluding hydrogens is 330 g/mol. The van der Waals surface area contributed by atoms with Crippen LogP contribution in [0.25, 0.3) is 0 Å². The lowest BCUT2D eigenvalue weighted by Crippen LogP contribution is -2.58. The van der Waals surface area contributed by atoms with Crippen molar-refractivity contribution in [3.8, 4) is 0 Å². The van der Waals surface area contributed by atoms with Gasteiger partial charge in [0.05, 0.1) is 25.2 Å². The molecule has 0 radical (unpaired) electrons. The summed E-state index contributed by atoms with van der Waals surface area (Å²) in [4.78, 5) is 37.0. The Morgan fingerprint density at radius 3 is 2.28 bits per heavy atom. The molecule has 0 spiro atoms. The van der Waals surface area contributed by atoms with Gasteiger partial charge in [0.2, 0.25) is 0 Å². The lowest BCUT2D eigenvalue weighted by Gasteiger charge is -2.32. The third kappa shape index (κ3) is 3.73. The first-order chi connectivity index (χ1) is 11.6. The number of aliphatic hydroxyl groups is 1. The highest BCUT2D eigenvalue weighted by molar-refractivity contribution is 5.90. The number of hydrogen-bond donors (Lipinski definition) is 2. The number of amides is 1. The molecule has 8 heteroatoms. The van der Waals surface area contributed by atoms with E-state index in [1.165, 1.54) is 0 Å². The Bertz CT molecular complexity index is 556. The van der Waals surface area contributed by atoms with E-state index >= 15 is 0 Å². The first kappa shape index (κ1) is 19.5. The highest BCUT2D eigenvalue weighted by Crippen LogP contribution is 2.63. The Balaban J connectivity index is 2.26. The van der Waals surface area contributed by atoms with Gasteiger partial charge in [0.15, 0.2) is 0 Å². The Hall–Kier alpha value is -1.83. The minimum absolute atomic E-state index is 0.0175. The highest BCUT2D eigenvalue weighted by atomic mass is 16.6. The van der Waals surface area contributed by atoms with Gasteiger partial charge in [-0.3, -0.25) is 4.79 Å². The summed E-state index contributed by atoms with van der Waals surface area (Å²) in [7, 11) is 0. The van der Waals surface area contributed by atoms with Crippen molar-refractivity contribution in [2.24, 2.45) is 17.8 Å². The molecule has 0 aliphatic heterocycles. The van der Waals surface area contributed by atoms with Crippen molar-refractivity contribution in [2.75, 3.05) is 13.2 Å². The summed E-state index contributed by atoms with van der Waals surface area (Å²) in [5.74, 6) is -2.77. The zero-order chi connectivity index (χ0) is 19.0. The summed E-state index contributed by atoms with van der Waals surface area (Å²) in [6, 6.07) is 0. The van der Waals surface area contributed by atoms with Crippen molar-refractivity contribution >= 4 is 18.0 Å². The van der Waals surface area contributed by atoms with Crippen LogP contribution < -0.4 is 5.32 Å². The molecule has 2 aliphatic carbocycles. The summed E-state index contributed by atoms with van der Waals surface area (Å²) < 4.78 is 15.4. The van der Waals surface area contributed by atoms with Crippen molar-refractivity contribution < 1.29 is 33.7 Å². The largest absolute Gasteiger partial charge is 0.466 e.